The summed E-state index contributed by atoms with van der Waals surface area (Å²) in [5, 5.41) is 0. The number of benzene rings is 1. The predicted octanol–water partition coefficient (Wildman–Crippen LogP) is 2.46. The summed E-state index contributed by atoms with van der Waals surface area (Å²) in [6.45, 7) is 1.85. The van der Waals surface area contributed by atoms with Crippen molar-refractivity contribution in [2.45, 2.75) is 43.8 Å². The normalized spacial score (nSPS) is 12.6. The summed E-state index contributed by atoms with van der Waals surface area (Å²) in [6, 6.07) is 4.78. The number of nitrogens with two attached hydrogens (primary N) is 1. The lowest BCUT2D eigenvalue weighted by Crippen LogP contribution is -2.26. The number of alkyl halides is 3. The molecule has 0 fully saturated rings. The Balaban J connectivity index is 2.62. The minimum atomic E-state index is -4.20. The zero-order valence-corrected chi connectivity index (χ0v) is 12.5. The van der Waals surface area contributed by atoms with Crippen LogP contribution in [0.25, 0.3) is 0 Å². The lowest BCUT2D eigenvalue weighted by Gasteiger charge is -2.12. The molecule has 0 aliphatic carbocycles. The predicted molar refractivity (Wildman–Crippen MR) is 74.2 cm³/mol. The second kappa shape index (κ2) is 7.24. The Kier molecular flexibility index (Phi) is 6.18. The average Bonchev–Trinajstić information content (AvgIpc) is 2.37. The summed E-state index contributed by atoms with van der Waals surface area (Å²) in [5.74, 6) is 0. The molecular weight excluding hydrogens is 305 g/mol. The third-order valence-corrected chi connectivity index (χ3v) is 4.69. The molecule has 1 aromatic carbocycles. The summed E-state index contributed by atoms with van der Waals surface area (Å²) < 4.78 is 62.4. The molecule has 3 N–H and O–H groups in total. The van der Waals surface area contributed by atoms with Crippen molar-refractivity contribution in [2.75, 3.05) is 6.54 Å². The van der Waals surface area contributed by atoms with Gasteiger partial charge in [-0.1, -0.05) is 12.1 Å². The Morgan fingerprint density at radius 3 is 2.48 bits per heavy atom. The molecule has 0 bridgehead atoms. The second-order valence-corrected chi connectivity index (χ2v) is 6.45. The van der Waals surface area contributed by atoms with Gasteiger partial charge in [-0.2, -0.15) is 13.2 Å². The number of sulfonamides is 1. The zero-order valence-electron chi connectivity index (χ0n) is 11.7. The molecule has 120 valence electrons. The van der Waals surface area contributed by atoms with Crippen LogP contribution in [0.2, 0.25) is 0 Å². The molecule has 0 aliphatic rings. The molecule has 0 saturated heterocycles. The van der Waals surface area contributed by atoms with Crippen LogP contribution < -0.4 is 10.5 Å². The van der Waals surface area contributed by atoms with Crippen LogP contribution in [-0.4, -0.2) is 21.1 Å². The van der Waals surface area contributed by atoms with E-state index in [-0.39, 0.29) is 30.8 Å². The van der Waals surface area contributed by atoms with Gasteiger partial charge in [0.25, 0.3) is 0 Å². The fourth-order valence-corrected chi connectivity index (χ4v) is 3.27. The van der Waals surface area contributed by atoms with E-state index in [0.717, 1.165) is 5.56 Å². The van der Waals surface area contributed by atoms with Crippen LogP contribution in [0.3, 0.4) is 0 Å². The Morgan fingerprint density at radius 1 is 1.24 bits per heavy atom. The van der Waals surface area contributed by atoms with Crippen LogP contribution >= 0.6 is 0 Å². The van der Waals surface area contributed by atoms with Crippen molar-refractivity contribution in [1.82, 2.24) is 4.72 Å². The van der Waals surface area contributed by atoms with Crippen LogP contribution in [0, 0.1) is 6.92 Å². The summed E-state index contributed by atoms with van der Waals surface area (Å²) in [6.07, 6.45) is -5.08. The maximum atomic E-state index is 12.1. The molecule has 1 aromatic rings. The van der Waals surface area contributed by atoms with Gasteiger partial charge < -0.3 is 5.73 Å². The van der Waals surface area contributed by atoms with Crippen LogP contribution in [0.4, 0.5) is 13.2 Å². The van der Waals surface area contributed by atoms with E-state index in [4.69, 9.17) is 5.73 Å². The Bertz CT molecular complexity index is 571. The van der Waals surface area contributed by atoms with Crippen molar-refractivity contribution < 1.29 is 21.6 Å². The summed E-state index contributed by atoms with van der Waals surface area (Å²) in [4.78, 5) is 0.112. The van der Waals surface area contributed by atoms with E-state index in [2.05, 4.69) is 4.72 Å². The molecule has 8 heteroatoms. The highest BCUT2D eigenvalue weighted by molar-refractivity contribution is 7.89. The van der Waals surface area contributed by atoms with E-state index in [9.17, 15) is 21.6 Å². The molecule has 0 heterocycles. The van der Waals surface area contributed by atoms with Gasteiger partial charge in [-0.05, 0) is 37.0 Å². The summed E-state index contributed by atoms with van der Waals surface area (Å²) >= 11 is 0. The first-order valence-corrected chi connectivity index (χ1v) is 8.00. The topological polar surface area (TPSA) is 72.2 Å². The smallest absolute Gasteiger partial charge is 0.326 e. The first-order chi connectivity index (χ1) is 9.67. The highest BCUT2D eigenvalue weighted by atomic mass is 32.2. The van der Waals surface area contributed by atoms with E-state index in [0.29, 0.717) is 5.56 Å². The Labute approximate surface area is 122 Å². The lowest BCUT2D eigenvalue weighted by atomic mass is 10.1. The molecule has 0 spiro atoms. The van der Waals surface area contributed by atoms with Crippen molar-refractivity contribution in [3.05, 3.63) is 29.3 Å². The molecule has 1 rings (SSSR count). The molecule has 0 amide bonds. The van der Waals surface area contributed by atoms with Crippen LogP contribution in [0.15, 0.2) is 23.1 Å². The monoisotopic (exact) mass is 324 g/mol. The molecular formula is C13H19F3N2O2S. The molecule has 0 aliphatic heterocycles. The van der Waals surface area contributed by atoms with Gasteiger partial charge in [-0.15, -0.1) is 0 Å². The standard InChI is InChI=1S/C13H19F3N2O2S/c1-10-11(9-17)5-4-6-12(10)21(19,20)18-8-3-2-7-13(14,15)16/h4-6,18H,2-3,7-9,17H2,1H3. The summed E-state index contributed by atoms with van der Waals surface area (Å²) in [7, 11) is -3.73. The molecule has 21 heavy (non-hydrogen) atoms. The van der Waals surface area contributed by atoms with Gasteiger partial charge >= 0.3 is 6.18 Å². The highest BCUT2D eigenvalue weighted by Gasteiger charge is 2.26. The van der Waals surface area contributed by atoms with Crippen molar-refractivity contribution in [3.63, 3.8) is 0 Å². The Hall–Kier alpha value is -1.12. The highest BCUT2D eigenvalue weighted by Crippen LogP contribution is 2.22. The lowest BCUT2D eigenvalue weighted by molar-refractivity contribution is -0.135. The van der Waals surface area contributed by atoms with Crippen molar-refractivity contribution in [1.29, 1.82) is 0 Å². The molecule has 0 radical (unpaired) electrons. The first-order valence-electron chi connectivity index (χ1n) is 6.52. The third kappa shape index (κ3) is 5.64. The van der Waals surface area contributed by atoms with E-state index in [1.165, 1.54) is 6.07 Å². The van der Waals surface area contributed by atoms with Gasteiger partial charge in [0.15, 0.2) is 0 Å². The van der Waals surface area contributed by atoms with Crippen LogP contribution in [0.5, 0.6) is 0 Å². The van der Waals surface area contributed by atoms with E-state index in [1.807, 2.05) is 0 Å². The van der Waals surface area contributed by atoms with Gasteiger partial charge in [0.05, 0.1) is 4.90 Å². The minimum absolute atomic E-state index is 0.0231. The Morgan fingerprint density at radius 2 is 1.90 bits per heavy atom. The SMILES string of the molecule is Cc1c(CN)cccc1S(=O)(=O)NCCCCC(F)(F)F. The fraction of sp³-hybridized carbons (Fsp3) is 0.538. The number of rotatable bonds is 7. The van der Waals surface area contributed by atoms with Gasteiger partial charge in [0, 0.05) is 19.5 Å². The largest absolute Gasteiger partial charge is 0.389 e. The third-order valence-electron chi connectivity index (χ3n) is 3.08. The minimum Gasteiger partial charge on any atom is -0.326 e. The molecule has 4 nitrogen and oxygen atoms in total. The molecule has 0 unspecified atom stereocenters. The molecule has 0 aromatic heterocycles. The zero-order chi connectivity index (χ0) is 16.1. The molecule has 0 saturated carbocycles. The van der Waals surface area contributed by atoms with Gasteiger partial charge in [-0.25, -0.2) is 13.1 Å². The second-order valence-electron chi connectivity index (χ2n) is 4.71. The van der Waals surface area contributed by atoms with Gasteiger partial charge in [-0.3, -0.25) is 0 Å². The van der Waals surface area contributed by atoms with E-state index in [1.54, 1.807) is 19.1 Å². The van der Waals surface area contributed by atoms with Crippen molar-refractivity contribution in [3.8, 4) is 0 Å². The quantitative estimate of drug-likeness (QED) is 0.757. The van der Waals surface area contributed by atoms with E-state index < -0.39 is 22.6 Å². The maximum Gasteiger partial charge on any atom is 0.389 e. The van der Waals surface area contributed by atoms with Crippen LogP contribution in [-0.2, 0) is 16.6 Å². The summed E-state index contributed by atoms with van der Waals surface area (Å²) in [5.41, 5.74) is 6.80. The number of nitrogens with one attached hydrogen (secondary N) is 1. The maximum absolute atomic E-state index is 12.1. The van der Waals surface area contributed by atoms with Gasteiger partial charge in [0.2, 0.25) is 10.0 Å². The number of halogens is 3. The number of hydrogen-bond acceptors (Lipinski definition) is 3. The first kappa shape index (κ1) is 17.9. The number of hydrogen-bond donors (Lipinski definition) is 2. The molecule has 0 atom stereocenters. The van der Waals surface area contributed by atoms with Crippen molar-refractivity contribution in [2.24, 2.45) is 5.73 Å². The van der Waals surface area contributed by atoms with Gasteiger partial charge in [0.1, 0.15) is 0 Å². The number of unbranched alkanes of at least 4 members (excludes halogenated alkanes) is 1. The fourth-order valence-electron chi connectivity index (χ4n) is 1.91. The van der Waals surface area contributed by atoms with Crippen LogP contribution in [0.1, 0.15) is 30.4 Å². The van der Waals surface area contributed by atoms with E-state index >= 15 is 0 Å². The van der Waals surface area contributed by atoms with Crippen molar-refractivity contribution >= 4 is 10.0 Å². The average molecular weight is 324 g/mol.